The Morgan fingerprint density at radius 3 is 1.57 bits per heavy atom. The van der Waals surface area contributed by atoms with Gasteiger partial charge in [-0.1, -0.05) is 116 Å². The molecule has 87 heavy (non-hydrogen) atoms. The Bertz CT molecular complexity index is 2370. The smallest absolute Gasteiger partial charge is 0.245 e. The van der Waals surface area contributed by atoms with Gasteiger partial charge in [-0.05, 0) is 101 Å². The lowest BCUT2D eigenvalue weighted by Crippen LogP contribution is -2.67. The third-order valence-corrected chi connectivity index (χ3v) is 17.5. The summed E-state index contributed by atoms with van der Waals surface area (Å²) in [7, 11) is 10.3. The van der Waals surface area contributed by atoms with Crippen molar-refractivity contribution < 1.29 is 57.8 Å². The highest BCUT2D eigenvalue weighted by molar-refractivity contribution is 5.97. The number of nitrogens with zero attached hydrogens (tertiary/aromatic N) is 7. The molecule has 0 radical (unpaired) electrons. The molecule has 1 fully saturated rings. The topological polar surface area (TPSA) is 279 Å². The molecule has 13 unspecified atom stereocenters. The molecule has 1 heterocycles. The van der Waals surface area contributed by atoms with Crippen LogP contribution >= 0.6 is 0 Å². The highest BCUT2D eigenvalue weighted by atomic mass is 16.3. The molecule has 0 spiro atoms. The van der Waals surface area contributed by atoms with Crippen molar-refractivity contribution >= 4 is 65.7 Å². The van der Waals surface area contributed by atoms with Crippen molar-refractivity contribution in [1.82, 2.24) is 55.6 Å². The fraction of sp³-hybridized carbons (Fsp3) is 0.797. The minimum absolute atomic E-state index is 0.0511. The summed E-state index contributed by atoms with van der Waals surface area (Å²) in [5, 5.41) is 23.8. The van der Waals surface area contributed by atoms with Crippen molar-refractivity contribution in [3.63, 3.8) is 0 Å². The first-order chi connectivity index (χ1) is 40.2. The standard InChI is InChI=1S/C64H115N11O12/c1-25-28-29-44(15)54(79)53-57(82)66-46(27-3)59(84)69(18)33-50(78)74(23)52(43(14)26-2)56(81)67-51(41(10)11)62(87)71(20)47(30-38(4)5)55(80)68-63(17,36-76)34-65-45(16)58(83)72(21)48(31-39(6)7)60(85)73(22)49(32-40(8)9)61(86)75(24)64(37-77,42(12)13)35-70(53)19/h25,28,36-49,51-54,65,79H,26-27,29-35H2,1-24H3,(H,66,82)(H,67,81)(H,68,80). The van der Waals surface area contributed by atoms with Gasteiger partial charge in [0.1, 0.15) is 65.9 Å². The van der Waals surface area contributed by atoms with Gasteiger partial charge in [0.15, 0.2) is 0 Å². The zero-order valence-electron chi connectivity index (χ0n) is 57.5. The number of carbonyl (C=O) groups is 11. The number of aldehydes is 2. The number of hydrogen-bond donors (Lipinski definition) is 5. The summed E-state index contributed by atoms with van der Waals surface area (Å²) in [6, 6.07) is -9.41. The first kappa shape index (κ1) is 79.2. The van der Waals surface area contributed by atoms with Gasteiger partial charge in [0, 0.05) is 55.4 Å². The van der Waals surface area contributed by atoms with Crippen LogP contribution in [0, 0.1) is 41.4 Å². The number of nitrogens with one attached hydrogen (secondary N) is 4. The van der Waals surface area contributed by atoms with Crippen molar-refractivity contribution in [2.45, 2.75) is 222 Å². The summed E-state index contributed by atoms with van der Waals surface area (Å²) >= 11 is 0. The fourth-order valence-corrected chi connectivity index (χ4v) is 11.3. The van der Waals surface area contributed by atoms with Crippen LogP contribution in [-0.2, 0) is 52.7 Å². The molecule has 0 bridgehead atoms. The lowest BCUT2D eigenvalue weighted by Gasteiger charge is -2.47. The van der Waals surface area contributed by atoms with Gasteiger partial charge in [-0.15, -0.1) is 0 Å². The maximum atomic E-state index is 15.4. The van der Waals surface area contributed by atoms with Crippen LogP contribution in [0.1, 0.15) is 156 Å². The average Bonchev–Trinajstić information content (AvgIpc) is 1.13. The molecule has 1 aliphatic heterocycles. The van der Waals surface area contributed by atoms with Gasteiger partial charge in [0.05, 0.1) is 18.7 Å². The second-order valence-electron chi connectivity index (χ2n) is 26.9. The van der Waals surface area contributed by atoms with Gasteiger partial charge in [-0.25, -0.2) is 0 Å². The Morgan fingerprint density at radius 2 is 1.11 bits per heavy atom. The second-order valence-corrected chi connectivity index (χ2v) is 26.9. The van der Waals surface area contributed by atoms with Gasteiger partial charge < -0.3 is 65.4 Å². The van der Waals surface area contributed by atoms with E-state index in [9.17, 15) is 48.3 Å². The van der Waals surface area contributed by atoms with Crippen LogP contribution in [0.4, 0.5) is 0 Å². The van der Waals surface area contributed by atoms with Gasteiger partial charge in [0.25, 0.3) is 0 Å². The summed E-state index contributed by atoms with van der Waals surface area (Å²) in [5.41, 5.74) is -3.33. The van der Waals surface area contributed by atoms with E-state index >= 15 is 9.59 Å². The summed E-state index contributed by atoms with van der Waals surface area (Å²) in [4.78, 5) is 168. The third-order valence-electron chi connectivity index (χ3n) is 17.5. The van der Waals surface area contributed by atoms with E-state index in [2.05, 4.69) is 21.3 Å². The van der Waals surface area contributed by atoms with Crippen LogP contribution < -0.4 is 21.3 Å². The van der Waals surface area contributed by atoms with E-state index in [1.807, 2.05) is 67.5 Å². The summed E-state index contributed by atoms with van der Waals surface area (Å²) < 4.78 is 0. The maximum absolute atomic E-state index is 15.4. The van der Waals surface area contributed by atoms with Crippen molar-refractivity contribution in [3.8, 4) is 0 Å². The highest BCUT2D eigenvalue weighted by Gasteiger charge is 2.49. The number of carbonyl (C=O) groups excluding carboxylic acids is 11. The molecule has 0 aromatic carbocycles. The van der Waals surface area contributed by atoms with E-state index in [1.165, 1.54) is 78.6 Å². The van der Waals surface area contributed by atoms with Crippen LogP contribution in [0.3, 0.4) is 0 Å². The summed E-state index contributed by atoms with van der Waals surface area (Å²) in [6.07, 6.45) is 4.76. The maximum Gasteiger partial charge on any atom is 0.245 e. The van der Waals surface area contributed by atoms with Crippen molar-refractivity contribution in [2.75, 3.05) is 69.0 Å². The van der Waals surface area contributed by atoms with Crippen LogP contribution in [0.15, 0.2) is 12.2 Å². The molecule has 13 atom stereocenters. The molecule has 5 N–H and O–H groups in total. The number of allylic oxidation sites excluding steroid dienone is 2. The fourth-order valence-electron chi connectivity index (χ4n) is 11.3. The number of amides is 9. The van der Waals surface area contributed by atoms with E-state index in [4.69, 9.17) is 0 Å². The molecular formula is C64H115N11O12. The van der Waals surface area contributed by atoms with Gasteiger partial charge >= 0.3 is 0 Å². The molecule has 1 aliphatic rings. The van der Waals surface area contributed by atoms with E-state index in [1.54, 1.807) is 62.4 Å². The molecule has 498 valence electrons. The predicted octanol–water partition coefficient (Wildman–Crippen LogP) is 3.35. The Kier molecular flexibility index (Phi) is 32.2. The van der Waals surface area contributed by atoms with Gasteiger partial charge in [-0.2, -0.15) is 0 Å². The van der Waals surface area contributed by atoms with Crippen molar-refractivity contribution in [1.29, 1.82) is 0 Å². The number of hydrogen-bond acceptors (Lipinski definition) is 14. The van der Waals surface area contributed by atoms with Crippen LogP contribution in [0.5, 0.6) is 0 Å². The van der Waals surface area contributed by atoms with Crippen LogP contribution in [-0.4, -0.2) is 240 Å². The Hall–Kier alpha value is -5.81. The third kappa shape index (κ3) is 21.2. The summed E-state index contributed by atoms with van der Waals surface area (Å²) in [5.74, 6) is -8.23. The minimum Gasteiger partial charge on any atom is -0.391 e. The first-order valence-corrected chi connectivity index (χ1v) is 31.4. The highest BCUT2D eigenvalue weighted by Crippen LogP contribution is 2.30. The lowest BCUT2D eigenvalue weighted by molar-refractivity contribution is -0.156. The molecular weight excluding hydrogens is 1110 g/mol. The van der Waals surface area contributed by atoms with E-state index < -0.39 is 149 Å². The lowest BCUT2D eigenvalue weighted by atomic mass is 9.83. The molecule has 0 saturated carbocycles. The SMILES string of the molecule is CC=CCC(C)C(O)C1C(=O)NC(CC)C(=O)N(C)CC(=O)N(C)C(C(C)CC)C(=O)NC(C(C)C)C(=O)N(C)C(CC(C)C)C(=O)NC(C)(C=O)CNC(C)C(=O)N(C)C(CC(C)C)C(=O)N(C)C(CC(C)C)C(=O)N(C)C(C=O)(C(C)C)CN1C. The van der Waals surface area contributed by atoms with Gasteiger partial charge in [0.2, 0.25) is 53.2 Å². The molecule has 1 saturated heterocycles. The monoisotopic (exact) mass is 1230 g/mol. The Morgan fingerprint density at radius 1 is 0.621 bits per heavy atom. The normalized spacial score (nSPS) is 28.7. The molecule has 9 amide bonds. The Balaban J connectivity index is 4.41. The number of likely N-dealkylation sites (N-methyl/N-ethyl adjacent to an activating group) is 7. The van der Waals surface area contributed by atoms with Crippen LogP contribution in [0.25, 0.3) is 0 Å². The predicted molar refractivity (Wildman–Crippen MR) is 338 cm³/mol. The van der Waals surface area contributed by atoms with E-state index in [-0.39, 0.29) is 56.5 Å². The second kappa shape index (κ2) is 35.4. The molecule has 0 aromatic heterocycles. The quantitative estimate of drug-likeness (QED) is 0.103. The zero-order valence-corrected chi connectivity index (χ0v) is 57.5. The summed E-state index contributed by atoms with van der Waals surface area (Å²) in [6.45, 7) is 29.1. The van der Waals surface area contributed by atoms with Crippen LogP contribution in [0.2, 0.25) is 0 Å². The first-order valence-electron chi connectivity index (χ1n) is 31.4. The molecule has 0 aromatic rings. The largest absolute Gasteiger partial charge is 0.391 e. The minimum atomic E-state index is -1.69. The van der Waals surface area contributed by atoms with Gasteiger partial charge in [-0.3, -0.25) is 48.1 Å². The van der Waals surface area contributed by atoms with E-state index in [0.29, 0.717) is 25.4 Å². The van der Waals surface area contributed by atoms with Crippen molar-refractivity contribution in [2.24, 2.45) is 41.4 Å². The number of aliphatic hydroxyl groups is 1. The molecule has 1 rings (SSSR count). The molecule has 23 nitrogen and oxygen atoms in total. The Labute approximate surface area is 521 Å². The molecule has 0 aliphatic carbocycles. The zero-order chi connectivity index (χ0) is 67.5. The molecule has 23 heteroatoms. The number of aliphatic hydroxyl groups excluding tert-OH is 1. The number of rotatable bonds is 17. The van der Waals surface area contributed by atoms with Crippen molar-refractivity contribution in [3.05, 3.63) is 12.2 Å². The van der Waals surface area contributed by atoms with E-state index in [0.717, 1.165) is 4.90 Å². The average molecular weight is 1230 g/mol.